The van der Waals surface area contributed by atoms with Gasteiger partial charge in [0.1, 0.15) is 11.8 Å². The lowest BCUT2D eigenvalue weighted by Crippen LogP contribution is -2.44. The standard InChI is InChI=1S/C26H20ClN3O2S/c1-32-18-11-9-15(10-12-18)24-23-20(19-7-2-3-8-21(19)28-23)14-22-25(31)29(26(33)30(22)24)17-6-4-5-16(27)13-17/h2-13,22,24,28H,14H2,1H3/t22-,24+/m1/s1. The molecule has 1 saturated heterocycles. The highest BCUT2D eigenvalue weighted by atomic mass is 35.5. The van der Waals surface area contributed by atoms with Crippen molar-refractivity contribution < 1.29 is 9.53 Å². The highest BCUT2D eigenvalue weighted by molar-refractivity contribution is 7.80. The maximum Gasteiger partial charge on any atom is 0.256 e. The van der Waals surface area contributed by atoms with Crippen molar-refractivity contribution in [3.05, 3.63) is 94.6 Å². The second-order valence-corrected chi connectivity index (χ2v) is 9.10. The van der Waals surface area contributed by atoms with Gasteiger partial charge in [0.25, 0.3) is 5.91 Å². The third kappa shape index (κ3) is 3.05. The molecule has 1 aromatic heterocycles. The number of para-hydroxylation sites is 1. The van der Waals surface area contributed by atoms with Crippen LogP contribution in [0.5, 0.6) is 5.75 Å². The molecule has 7 heteroatoms. The lowest BCUT2D eigenvalue weighted by atomic mass is 9.89. The number of halogens is 1. The number of rotatable bonds is 3. The highest BCUT2D eigenvalue weighted by Gasteiger charge is 2.51. The van der Waals surface area contributed by atoms with Crippen LogP contribution in [0.15, 0.2) is 72.8 Å². The molecule has 2 atom stereocenters. The Balaban J connectivity index is 1.53. The second kappa shape index (κ2) is 7.61. The number of methoxy groups -OCH3 is 1. The molecule has 2 aliphatic heterocycles. The number of nitrogens with zero attached hydrogens (tertiary/aromatic N) is 2. The monoisotopic (exact) mass is 473 g/mol. The molecular weight excluding hydrogens is 454 g/mol. The van der Waals surface area contributed by atoms with E-state index in [1.54, 1.807) is 24.1 Å². The van der Waals surface area contributed by atoms with E-state index in [1.165, 1.54) is 0 Å². The highest BCUT2D eigenvalue weighted by Crippen LogP contribution is 2.45. The van der Waals surface area contributed by atoms with Gasteiger partial charge in [-0.25, -0.2) is 0 Å². The summed E-state index contributed by atoms with van der Waals surface area (Å²) >= 11 is 12.2. The van der Waals surface area contributed by atoms with E-state index >= 15 is 0 Å². The quantitative estimate of drug-likeness (QED) is 0.400. The Kier molecular flexibility index (Phi) is 4.67. The number of amides is 1. The van der Waals surface area contributed by atoms with E-state index in [9.17, 15) is 4.79 Å². The van der Waals surface area contributed by atoms with E-state index in [0.29, 0.717) is 22.2 Å². The zero-order chi connectivity index (χ0) is 22.7. The van der Waals surface area contributed by atoms with Crippen LogP contribution >= 0.6 is 23.8 Å². The minimum Gasteiger partial charge on any atom is -0.497 e. The van der Waals surface area contributed by atoms with Crippen LogP contribution in [0.25, 0.3) is 10.9 Å². The van der Waals surface area contributed by atoms with Crippen LogP contribution in [0.4, 0.5) is 5.69 Å². The molecule has 2 aliphatic rings. The van der Waals surface area contributed by atoms with E-state index in [1.807, 2.05) is 48.5 Å². The first-order valence-electron chi connectivity index (χ1n) is 10.7. The third-order valence-electron chi connectivity index (χ3n) is 6.55. The number of anilines is 1. The maximum atomic E-state index is 13.7. The molecule has 0 saturated carbocycles. The number of fused-ring (bicyclic) bond motifs is 4. The van der Waals surface area contributed by atoms with E-state index in [2.05, 4.69) is 22.0 Å². The molecule has 0 bridgehead atoms. The van der Waals surface area contributed by atoms with Crippen molar-refractivity contribution in [1.29, 1.82) is 0 Å². The summed E-state index contributed by atoms with van der Waals surface area (Å²) in [4.78, 5) is 21.0. The van der Waals surface area contributed by atoms with Gasteiger partial charge in [0, 0.05) is 28.0 Å². The molecule has 3 aromatic carbocycles. The second-order valence-electron chi connectivity index (χ2n) is 8.30. The number of H-pyrrole nitrogens is 1. The van der Waals surface area contributed by atoms with E-state index < -0.39 is 6.04 Å². The summed E-state index contributed by atoms with van der Waals surface area (Å²) in [6.45, 7) is 0. The van der Waals surface area contributed by atoms with Gasteiger partial charge in [0.15, 0.2) is 5.11 Å². The van der Waals surface area contributed by atoms with Crippen LogP contribution < -0.4 is 9.64 Å². The molecule has 3 heterocycles. The fourth-order valence-electron chi connectivity index (χ4n) is 5.06. The zero-order valence-electron chi connectivity index (χ0n) is 17.8. The van der Waals surface area contributed by atoms with Crippen molar-refractivity contribution in [3.8, 4) is 5.75 Å². The summed E-state index contributed by atoms with van der Waals surface area (Å²) in [7, 11) is 1.65. The number of aromatic amines is 1. The summed E-state index contributed by atoms with van der Waals surface area (Å²) < 4.78 is 5.36. The number of benzene rings is 3. The van der Waals surface area contributed by atoms with Crippen molar-refractivity contribution in [3.63, 3.8) is 0 Å². The Bertz CT molecular complexity index is 1410. The van der Waals surface area contributed by atoms with Gasteiger partial charge in [-0.1, -0.05) is 48.0 Å². The summed E-state index contributed by atoms with van der Waals surface area (Å²) in [5.74, 6) is 0.750. The number of nitrogens with one attached hydrogen (secondary N) is 1. The van der Waals surface area contributed by atoms with Gasteiger partial charge >= 0.3 is 0 Å². The molecule has 1 fully saturated rings. The van der Waals surface area contributed by atoms with Gasteiger partial charge in [-0.2, -0.15) is 0 Å². The molecule has 0 unspecified atom stereocenters. The fraction of sp³-hybridized carbons (Fsp3) is 0.154. The number of hydrogen-bond acceptors (Lipinski definition) is 3. The maximum absolute atomic E-state index is 13.7. The van der Waals surface area contributed by atoms with Crippen LogP contribution in [-0.2, 0) is 11.2 Å². The molecule has 6 rings (SSSR count). The first-order chi connectivity index (χ1) is 16.1. The Morgan fingerprint density at radius 3 is 2.61 bits per heavy atom. The van der Waals surface area contributed by atoms with Crippen LogP contribution in [0, 0.1) is 0 Å². The predicted molar refractivity (Wildman–Crippen MR) is 134 cm³/mol. The average molecular weight is 474 g/mol. The number of carbonyl (C=O) groups is 1. The van der Waals surface area contributed by atoms with Gasteiger partial charge in [-0.15, -0.1) is 0 Å². The van der Waals surface area contributed by atoms with Gasteiger partial charge in [-0.3, -0.25) is 9.69 Å². The molecule has 0 aliphatic carbocycles. The Morgan fingerprint density at radius 1 is 1.06 bits per heavy atom. The largest absolute Gasteiger partial charge is 0.497 e. The zero-order valence-corrected chi connectivity index (χ0v) is 19.4. The van der Waals surface area contributed by atoms with E-state index in [0.717, 1.165) is 33.5 Å². The Hall–Kier alpha value is -3.35. The lowest BCUT2D eigenvalue weighted by Gasteiger charge is -2.37. The molecule has 4 aromatic rings. The Labute approximate surface area is 201 Å². The summed E-state index contributed by atoms with van der Waals surface area (Å²) in [5.41, 5.74) is 5.02. The average Bonchev–Trinajstić information content (AvgIpc) is 3.32. The normalized spacial score (nSPS) is 19.7. The minimum absolute atomic E-state index is 0.0308. The molecule has 1 amide bonds. The number of hydrogen-bond donors (Lipinski definition) is 1. The fourth-order valence-corrected chi connectivity index (χ4v) is 5.67. The minimum atomic E-state index is -0.393. The van der Waals surface area contributed by atoms with Crippen LogP contribution in [0.1, 0.15) is 22.9 Å². The molecular formula is C26H20ClN3O2S. The van der Waals surface area contributed by atoms with Crippen molar-refractivity contribution in [1.82, 2.24) is 9.88 Å². The number of aromatic nitrogens is 1. The smallest absolute Gasteiger partial charge is 0.256 e. The lowest BCUT2D eigenvalue weighted by molar-refractivity contribution is -0.120. The summed E-state index contributed by atoms with van der Waals surface area (Å²) in [6.07, 6.45) is 0.585. The first-order valence-corrected chi connectivity index (χ1v) is 11.5. The van der Waals surface area contributed by atoms with Crippen molar-refractivity contribution in [2.24, 2.45) is 0 Å². The topological polar surface area (TPSA) is 48.6 Å². The van der Waals surface area contributed by atoms with Gasteiger partial charge < -0.3 is 14.6 Å². The SMILES string of the molecule is COc1ccc([C@H]2c3[nH]c4ccccc4c3C[C@@H]3C(=O)N(c4cccc(Cl)c4)C(=S)N23)cc1. The van der Waals surface area contributed by atoms with E-state index in [-0.39, 0.29) is 11.9 Å². The molecule has 5 nitrogen and oxygen atoms in total. The first kappa shape index (κ1) is 20.3. The molecule has 0 spiro atoms. The molecule has 0 radical (unpaired) electrons. The molecule has 33 heavy (non-hydrogen) atoms. The van der Waals surface area contributed by atoms with Gasteiger partial charge in [0.2, 0.25) is 0 Å². The van der Waals surface area contributed by atoms with Crippen LogP contribution in [0.3, 0.4) is 0 Å². The molecule has 1 N–H and O–H groups in total. The third-order valence-corrected chi connectivity index (χ3v) is 7.18. The van der Waals surface area contributed by atoms with E-state index in [4.69, 9.17) is 28.6 Å². The molecule has 164 valence electrons. The predicted octanol–water partition coefficient (Wildman–Crippen LogP) is 5.48. The Morgan fingerprint density at radius 2 is 1.85 bits per heavy atom. The van der Waals surface area contributed by atoms with Gasteiger partial charge in [-0.05, 0) is 59.7 Å². The van der Waals surface area contributed by atoms with Crippen molar-refractivity contribution in [2.75, 3.05) is 12.0 Å². The summed E-state index contributed by atoms with van der Waals surface area (Å²) in [6, 6.07) is 22.8. The van der Waals surface area contributed by atoms with Crippen LogP contribution in [-0.4, -0.2) is 34.1 Å². The number of carbonyl (C=O) groups excluding carboxylic acids is 1. The van der Waals surface area contributed by atoms with Gasteiger partial charge in [0.05, 0.1) is 18.8 Å². The summed E-state index contributed by atoms with van der Waals surface area (Å²) in [5, 5.41) is 2.19. The van der Waals surface area contributed by atoms with Crippen molar-refractivity contribution >= 4 is 51.4 Å². The van der Waals surface area contributed by atoms with Crippen LogP contribution in [0.2, 0.25) is 5.02 Å². The number of ether oxygens (including phenoxy) is 1. The number of thiocarbonyl (C=S) groups is 1. The van der Waals surface area contributed by atoms with Crippen molar-refractivity contribution in [2.45, 2.75) is 18.5 Å².